The van der Waals surface area contributed by atoms with Crippen LogP contribution in [0.25, 0.3) is 0 Å². The number of rotatable bonds is 16. The van der Waals surface area contributed by atoms with Crippen molar-refractivity contribution in [2.75, 3.05) is 14.2 Å². The number of carbonyl (C=O) groups is 2. The van der Waals surface area contributed by atoms with E-state index < -0.39 is 11.9 Å². The predicted octanol–water partition coefficient (Wildman–Crippen LogP) is 7.68. The summed E-state index contributed by atoms with van der Waals surface area (Å²) in [4.78, 5) is 25.6. The van der Waals surface area contributed by atoms with Crippen molar-refractivity contribution in [2.24, 2.45) is 0 Å². The molecule has 32 heavy (non-hydrogen) atoms. The maximum Gasteiger partial charge on any atom is 0.339 e. The minimum absolute atomic E-state index is 0.379. The van der Waals surface area contributed by atoms with Crippen LogP contribution in [0, 0.1) is 13.8 Å². The fourth-order valence-corrected chi connectivity index (χ4v) is 4.59. The van der Waals surface area contributed by atoms with Crippen LogP contribution in [0.15, 0.2) is 0 Å². The fourth-order valence-electron chi connectivity index (χ4n) is 4.59. The third-order valence-electron chi connectivity index (χ3n) is 6.65. The summed E-state index contributed by atoms with van der Waals surface area (Å²) in [6, 6.07) is 0. The molecule has 0 aliphatic heterocycles. The highest BCUT2D eigenvalue weighted by Gasteiger charge is 2.28. The Kier molecular flexibility index (Phi) is 14.0. The van der Waals surface area contributed by atoms with Crippen LogP contribution < -0.4 is 0 Å². The minimum atomic E-state index is -0.457. The summed E-state index contributed by atoms with van der Waals surface area (Å²) in [5, 5.41) is 0. The lowest BCUT2D eigenvalue weighted by Crippen LogP contribution is -2.20. The number of methoxy groups -OCH3 is 2. The maximum atomic E-state index is 12.9. The number of esters is 2. The van der Waals surface area contributed by atoms with Gasteiger partial charge in [0.05, 0.1) is 25.3 Å². The average molecular weight is 447 g/mol. The topological polar surface area (TPSA) is 52.6 Å². The number of unbranched alkanes of at least 4 members (excludes halogenated alkanes) is 10. The van der Waals surface area contributed by atoms with Gasteiger partial charge < -0.3 is 9.47 Å². The van der Waals surface area contributed by atoms with Crippen LogP contribution in [0.1, 0.15) is 134 Å². The summed E-state index contributed by atoms with van der Waals surface area (Å²) in [6.07, 6.45) is 16.2. The molecule has 182 valence electrons. The molecule has 0 atom stereocenters. The van der Waals surface area contributed by atoms with Crippen molar-refractivity contribution in [1.82, 2.24) is 0 Å². The van der Waals surface area contributed by atoms with Crippen molar-refractivity contribution >= 4 is 11.9 Å². The van der Waals surface area contributed by atoms with Gasteiger partial charge in [0.15, 0.2) is 0 Å². The van der Waals surface area contributed by atoms with Gasteiger partial charge in [-0.1, -0.05) is 78.1 Å². The van der Waals surface area contributed by atoms with Gasteiger partial charge >= 0.3 is 11.9 Å². The molecule has 0 amide bonds. The second-order valence-electron chi connectivity index (χ2n) is 8.98. The first kappa shape index (κ1) is 28.2. The fraction of sp³-hybridized carbons (Fsp3) is 0.714. The van der Waals surface area contributed by atoms with Crippen LogP contribution in [0.5, 0.6) is 0 Å². The van der Waals surface area contributed by atoms with Crippen LogP contribution >= 0.6 is 0 Å². The Hall–Kier alpha value is -1.84. The zero-order valence-electron chi connectivity index (χ0n) is 21.5. The van der Waals surface area contributed by atoms with Gasteiger partial charge in [-0.15, -0.1) is 0 Å². The normalized spacial score (nSPS) is 10.9. The van der Waals surface area contributed by atoms with E-state index in [1.54, 1.807) is 0 Å². The van der Waals surface area contributed by atoms with E-state index in [4.69, 9.17) is 9.47 Å². The smallest absolute Gasteiger partial charge is 0.339 e. The highest BCUT2D eigenvalue weighted by atomic mass is 16.5. The van der Waals surface area contributed by atoms with Crippen molar-refractivity contribution in [2.45, 2.75) is 118 Å². The van der Waals surface area contributed by atoms with E-state index in [2.05, 4.69) is 20.8 Å². The molecule has 0 aliphatic carbocycles. The molecule has 4 nitrogen and oxygen atoms in total. The molecule has 0 heterocycles. The summed E-state index contributed by atoms with van der Waals surface area (Å²) in [5.74, 6) is -0.889. The second-order valence-corrected chi connectivity index (χ2v) is 8.98. The minimum Gasteiger partial charge on any atom is -0.465 e. The lowest BCUT2D eigenvalue weighted by molar-refractivity contribution is 0.0553. The third kappa shape index (κ3) is 8.26. The highest BCUT2D eigenvalue weighted by molar-refractivity contribution is 6.06. The standard InChI is InChI=1S/C28H46O4/c1-7-9-11-13-15-17-19-23-21(3)22(4)25(27(29)31-5)26(28(30)32-6)24(23)20-18-16-14-12-10-8-2/h7-20H2,1-6H3. The quantitative estimate of drug-likeness (QED) is 0.193. The van der Waals surface area contributed by atoms with Crippen LogP contribution in [0.4, 0.5) is 0 Å². The Labute approximate surface area is 196 Å². The van der Waals surface area contributed by atoms with Gasteiger partial charge in [0.1, 0.15) is 0 Å². The summed E-state index contributed by atoms with van der Waals surface area (Å²) in [5.41, 5.74) is 5.00. The predicted molar refractivity (Wildman–Crippen MR) is 133 cm³/mol. The Morgan fingerprint density at radius 3 is 1.44 bits per heavy atom. The first-order chi connectivity index (χ1) is 15.4. The number of hydrogen-bond acceptors (Lipinski definition) is 4. The molecule has 1 aromatic rings. The van der Waals surface area contributed by atoms with Crippen molar-refractivity contribution in [3.63, 3.8) is 0 Å². The SMILES string of the molecule is CCCCCCCCc1c(C)c(C)c(C(=O)OC)c(C(=O)OC)c1CCCCCCCC. The molecule has 0 aliphatic rings. The monoisotopic (exact) mass is 446 g/mol. The van der Waals surface area contributed by atoms with Gasteiger partial charge in [-0.3, -0.25) is 0 Å². The molecule has 0 N–H and O–H groups in total. The first-order valence-corrected chi connectivity index (χ1v) is 12.8. The molecule has 0 saturated carbocycles. The van der Waals surface area contributed by atoms with Crippen LogP contribution in [-0.2, 0) is 22.3 Å². The molecule has 0 aromatic heterocycles. The molecule has 0 saturated heterocycles. The Balaban J connectivity index is 3.26. The summed E-state index contributed by atoms with van der Waals surface area (Å²) >= 11 is 0. The van der Waals surface area contributed by atoms with E-state index in [0.29, 0.717) is 11.1 Å². The van der Waals surface area contributed by atoms with E-state index >= 15 is 0 Å². The molecule has 0 radical (unpaired) electrons. The first-order valence-electron chi connectivity index (χ1n) is 12.8. The van der Waals surface area contributed by atoms with Crippen LogP contribution in [-0.4, -0.2) is 26.2 Å². The number of benzene rings is 1. The van der Waals surface area contributed by atoms with E-state index in [9.17, 15) is 9.59 Å². The molecule has 0 bridgehead atoms. The number of carbonyl (C=O) groups excluding carboxylic acids is 2. The molecule has 1 aromatic carbocycles. The Bertz CT molecular complexity index is 721. The second kappa shape index (κ2) is 15.9. The lowest BCUT2D eigenvalue weighted by atomic mass is 9.83. The summed E-state index contributed by atoms with van der Waals surface area (Å²) < 4.78 is 10.2. The zero-order chi connectivity index (χ0) is 23.9. The van der Waals surface area contributed by atoms with Crippen molar-refractivity contribution in [3.8, 4) is 0 Å². The van der Waals surface area contributed by atoms with Gasteiger partial charge in [0.25, 0.3) is 0 Å². The molecule has 0 spiro atoms. The van der Waals surface area contributed by atoms with E-state index in [0.717, 1.165) is 48.8 Å². The van der Waals surface area contributed by atoms with E-state index in [1.165, 1.54) is 77.6 Å². The van der Waals surface area contributed by atoms with Crippen molar-refractivity contribution < 1.29 is 19.1 Å². The van der Waals surface area contributed by atoms with Gasteiger partial charge in [0, 0.05) is 0 Å². The summed E-state index contributed by atoms with van der Waals surface area (Å²) in [7, 11) is 2.76. The molecule has 1 rings (SSSR count). The molecule has 4 heteroatoms. The van der Waals surface area contributed by atoms with Crippen LogP contribution in [0.3, 0.4) is 0 Å². The molecule has 0 unspecified atom stereocenters. The van der Waals surface area contributed by atoms with Crippen molar-refractivity contribution in [1.29, 1.82) is 0 Å². The molecule has 0 fully saturated rings. The maximum absolute atomic E-state index is 12.9. The number of ether oxygens (including phenoxy) is 2. The third-order valence-corrected chi connectivity index (χ3v) is 6.65. The zero-order valence-corrected chi connectivity index (χ0v) is 21.5. The van der Waals surface area contributed by atoms with Gasteiger partial charge in [-0.25, -0.2) is 9.59 Å². The average Bonchev–Trinajstić information content (AvgIpc) is 2.80. The Morgan fingerprint density at radius 1 is 0.562 bits per heavy atom. The van der Waals surface area contributed by atoms with Crippen LogP contribution in [0.2, 0.25) is 0 Å². The molecular formula is C28H46O4. The summed E-state index contributed by atoms with van der Waals surface area (Å²) in [6.45, 7) is 8.46. The number of hydrogen-bond donors (Lipinski definition) is 0. The van der Waals surface area contributed by atoms with E-state index in [1.807, 2.05) is 6.92 Å². The Morgan fingerprint density at radius 2 is 0.969 bits per heavy atom. The van der Waals surface area contributed by atoms with Gasteiger partial charge in [-0.05, 0) is 61.8 Å². The van der Waals surface area contributed by atoms with Gasteiger partial charge in [0.2, 0.25) is 0 Å². The van der Waals surface area contributed by atoms with E-state index in [-0.39, 0.29) is 0 Å². The largest absolute Gasteiger partial charge is 0.465 e. The highest BCUT2D eigenvalue weighted by Crippen LogP contribution is 2.32. The van der Waals surface area contributed by atoms with Gasteiger partial charge in [-0.2, -0.15) is 0 Å². The lowest BCUT2D eigenvalue weighted by Gasteiger charge is -2.22. The molecular weight excluding hydrogens is 400 g/mol. The van der Waals surface area contributed by atoms with Crippen molar-refractivity contribution in [3.05, 3.63) is 33.4 Å².